The molecule has 0 radical (unpaired) electrons. The normalized spacial score (nSPS) is 13.0. The standard InChI is InChI=1S/C21H25F4NO2/c1-16-5-4-6-17(13-16)9-10-18-7-2-3-8-20(18)28-14-19(27)11-12-26(15-22)21(23,24)25/h2-8,13,19,27H,9-12,14-15H2,1H3. The number of benzene rings is 2. The molecule has 0 aliphatic heterocycles. The van der Waals surface area contributed by atoms with Crippen LogP contribution in [-0.4, -0.2) is 42.4 Å². The lowest BCUT2D eigenvalue weighted by Crippen LogP contribution is -2.39. The Bertz CT molecular complexity index is 736. The average Bonchev–Trinajstić information content (AvgIpc) is 2.65. The third kappa shape index (κ3) is 7.13. The van der Waals surface area contributed by atoms with Crippen molar-refractivity contribution in [2.45, 2.75) is 38.6 Å². The van der Waals surface area contributed by atoms with Crippen LogP contribution in [-0.2, 0) is 12.8 Å². The maximum absolute atomic E-state index is 12.5. The van der Waals surface area contributed by atoms with Gasteiger partial charge in [0, 0.05) is 6.54 Å². The van der Waals surface area contributed by atoms with Crippen LogP contribution >= 0.6 is 0 Å². The highest BCUT2D eigenvalue weighted by Gasteiger charge is 2.37. The molecule has 0 saturated carbocycles. The third-order valence-corrected chi connectivity index (χ3v) is 4.40. The minimum Gasteiger partial charge on any atom is -0.491 e. The Labute approximate surface area is 162 Å². The molecule has 0 saturated heterocycles. The second-order valence-corrected chi connectivity index (χ2v) is 6.70. The van der Waals surface area contributed by atoms with E-state index in [2.05, 4.69) is 12.1 Å². The van der Waals surface area contributed by atoms with E-state index in [1.807, 2.05) is 31.2 Å². The predicted octanol–water partition coefficient (Wildman–Crippen LogP) is 4.66. The van der Waals surface area contributed by atoms with Gasteiger partial charge in [-0.1, -0.05) is 48.0 Å². The number of hydrogen-bond donors (Lipinski definition) is 1. The molecule has 2 rings (SSSR count). The quantitative estimate of drug-likeness (QED) is 0.466. The second-order valence-electron chi connectivity index (χ2n) is 6.70. The fraction of sp³-hybridized carbons (Fsp3) is 0.429. The van der Waals surface area contributed by atoms with Crippen LogP contribution in [0.15, 0.2) is 48.5 Å². The van der Waals surface area contributed by atoms with E-state index in [9.17, 15) is 22.7 Å². The van der Waals surface area contributed by atoms with Crippen LogP contribution in [0.4, 0.5) is 17.6 Å². The van der Waals surface area contributed by atoms with Crippen molar-refractivity contribution in [3.8, 4) is 5.75 Å². The second kappa shape index (κ2) is 10.4. The van der Waals surface area contributed by atoms with Crippen molar-refractivity contribution in [3.63, 3.8) is 0 Å². The molecule has 2 aromatic rings. The fourth-order valence-corrected chi connectivity index (χ4v) is 2.83. The molecule has 0 aliphatic rings. The lowest BCUT2D eigenvalue weighted by Gasteiger charge is -2.22. The number of halogens is 4. The third-order valence-electron chi connectivity index (χ3n) is 4.40. The van der Waals surface area contributed by atoms with Gasteiger partial charge < -0.3 is 9.84 Å². The summed E-state index contributed by atoms with van der Waals surface area (Å²) in [6, 6.07) is 15.6. The highest BCUT2D eigenvalue weighted by Crippen LogP contribution is 2.23. The highest BCUT2D eigenvalue weighted by molar-refractivity contribution is 5.34. The minimum absolute atomic E-state index is 0.153. The van der Waals surface area contributed by atoms with E-state index in [1.165, 1.54) is 11.1 Å². The largest absolute Gasteiger partial charge is 0.491 e. The van der Waals surface area contributed by atoms with Crippen LogP contribution in [0.5, 0.6) is 5.75 Å². The molecule has 1 unspecified atom stereocenters. The summed E-state index contributed by atoms with van der Waals surface area (Å²) in [5, 5.41) is 9.91. The Balaban J connectivity index is 1.87. The highest BCUT2D eigenvalue weighted by atomic mass is 19.4. The molecule has 154 valence electrons. The molecule has 1 N–H and O–H groups in total. The molecule has 0 bridgehead atoms. The SMILES string of the molecule is Cc1cccc(CCc2ccccc2OCC(O)CCN(CF)C(F)(F)F)c1. The van der Waals surface area contributed by atoms with Crippen molar-refractivity contribution in [2.75, 3.05) is 20.0 Å². The van der Waals surface area contributed by atoms with E-state index < -0.39 is 25.7 Å². The minimum atomic E-state index is -4.75. The first-order valence-corrected chi connectivity index (χ1v) is 9.11. The van der Waals surface area contributed by atoms with Crippen LogP contribution in [0.3, 0.4) is 0 Å². The number of nitrogens with zero attached hydrogens (tertiary/aromatic N) is 1. The maximum atomic E-state index is 12.5. The fourth-order valence-electron chi connectivity index (χ4n) is 2.83. The molecule has 0 aliphatic carbocycles. The summed E-state index contributed by atoms with van der Waals surface area (Å²) in [4.78, 5) is -0.286. The van der Waals surface area contributed by atoms with Gasteiger partial charge in [0.05, 0.1) is 6.10 Å². The van der Waals surface area contributed by atoms with Gasteiger partial charge in [-0.25, -0.2) is 4.39 Å². The molecule has 0 amide bonds. The zero-order valence-electron chi connectivity index (χ0n) is 15.8. The van der Waals surface area contributed by atoms with Gasteiger partial charge in [0.15, 0.2) is 0 Å². The van der Waals surface area contributed by atoms with Crippen LogP contribution in [0, 0.1) is 6.92 Å². The van der Waals surface area contributed by atoms with E-state index >= 15 is 0 Å². The van der Waals surface area contributed by atoms with Crippen LogP contribution < -0.4 is 4.74 Å². The van der Waals surface area contributed by atoms with Gasteiger partial charge in [0.25, 0.3) is 0 Å². The monoisotopic (exact) mass is 399 g/mol. The maximum Gasteiger partial charge on any atom is 0.462 e. The van der Waals surface area contributed by atoms with Gasteiger partial charge >= 0.3 is 6.30 Å². The van der Waals surface area contributed by atoms with Crippen molar-refractivity contribution in [1.29, 1.82) is 0 Å². The van der Waals surface area contributed by atoms with Crippen molar-refractivity contribution >= 4 is 0 Å². The first-order chi connectivity index (χ1) is 13.3. The van der Waals surface area contributed by atoms with Gasteiger partial charge in [0.2, 0.25) is 0 Å². The number of ether oxygens (including phenoxy) is 1. The van der Waals surface area contributed by atoms with Crippen LogP contribution in [0.25, 0.3) is 0 Å². The lowest BCUT2D eigenvalue weighted by molar-refractivity contribution is -0.255. The Hall–Kier alpha value is -2.12. The number of aryl methyl sites for hydroxylation is 3. The molecule has 28 heavy (non-hydrogen) atoms. The summed E-state index contributed by atoms with van der Waals surface area (Å²) in [6.45, 7) is -0.386. The topological polar surface area (TPSA) is 32.7 Å². The number of rotatable bonds is 10. The lowest BCUT2D eigenvalue weighted by atomic mass is 10.0. The molecule has 0 aromatic heterocycles. The van der Waals surface area contributed by atoms with Crippen molar-refractivity contribution < 1.29 is 27.4 Å². The van der Waals surface area contributed by atoms with Crippen molar-refractivity contribution in [2.24, 2.45) is 0 Å². The number of aliphatic hydroxyl groups is 1. The molecular weight excluding hydrogens is 374 g/mol. The zero-order valence-corrected chi connectivity index (χ0v) is 15.8. The van der Waals surface area contributed by atoms with Gasteiger partial charge in [-0.3, -0.25) is 0 Å². The molecule has 7 heteroatoms. The summed E-state index contributed by atoms with van der Waals surface area (Å²) in [6.07, 6.45) is -4.56. The predicted molar refractivity (Wildman–Crippen MR) is 99.9 cm³/mol. The summed E-state index contributed by atoms with van der Waals surface area (Å²) in [5.41, 5.74) is 3.34. The molecule has 3 nitrogen and oxygen atoms in total. The van der Waals surface area contributed by atoms with Crippen molar-refractivity contribution in [3.05, 3.63) is 65.2 Å². The Kier molecular flexibility index (Phi) is 8.26. The van der Waals surface area contributed by atoms with E-state index in [-0.39, 0.29) is 17.9 Å². The number of para-hydroxylation sites is 1. The van der Waals surface area contributed by atoms with Gasteiger partial charge in [-0.15, -0.1) is 0 Å². The molecule has 0 fully saturated rings. The number of alkyl halides is 4. The van der Waals surface area contributed by atoms with E-state index in [0.29, 0.717) is 5.75 Å². The molecule has 2 aromatic carbocycles. The zero-order chi connectivity index (χ0) is 20.6. The van der Waals surface area contributed by atoms with Gasteiger partial charge in [-0.2, -0.15) is 18.1 Å². The average molecular weight is 399 g/mol. The molecule has 0 heterocycles. The smallest absolute Gasteiger partial charge is 0.462 e. The van der Waals surface area contributed by atoms with E-state index in [4.69, 9.17) is 4.74 Å². The molecule has 1 atom stereocenters. The summed E-state index contributed by atoms with van der Waals surface area (Å²) in [7, 11) is 0. The summed E-state index contributed by atoms with van der Waals surface area (Å²) < 4.78 is 55.6. The van der Waals surface area contributed by atoms with Gasteiger partial charge in [0.1, 0.15) is 19.2 Å². The number of hydrogen-bond acceptors (Lipinski definition) is 3. The summed E-state index contributed by atoms with van der Waals surface area (Å²) in [5.74, 6) is 0.590. The number of aliphatic hydroxyl groups excluding tert-OH is 1. The molecule has 0 spiro atoms. The van der Waals surface area contributed by atoms with Crippen molar-refractivity contribution in [1.82, 2.24) is 4.90 Å². The van der Waals surface area contributed by atoms with E-state index in [0.717, 1.165) is 18.4 Å². The van der Waals surface area contributed by atoms with Crippen LogP contribution in [0.1, 0.15) is 23.1 Å². The summed E-state index contributed by atoms with van der Waals surface area (Å²) >= 11 is 0. The first-order valence-electron chi connectivity index (χ1n) is 9.11. The van der Waals surface area contributed by atoms with Crippen LogP contribution in [0.2, 0.25) is 0 Å². The Morgan fingerprint density at radius 2 is 1.82 bits per heavy atom. The molecular formula is C21H25F4NO2. The van der Waals surface area contributed by atoms with Gasteiger partial charge in [-0.05, 0) is 43.4 Å². The van der Waals surface area contributed by atoms with E-state index in [1.54, 1.807) is 12.1 Å². The Morgan fingerprint density at radius 1 is 1.07 bits per heavy atom. The Morgan fingerprint density at radius 3 is 2.50 bits per heavy atom. The first kappa shape index (κ1) is 22.2.